The maximum atomic E-state index is 13.3. The van der Waals surface area contributed by atoms with Gasteiger partial charge in [0.1, 0.15) is 11.5 Å². The van der Waals surface area contributed by atoms with Crippen LogP contribution in [0.15, 0.2) is 48.5 Å². The molecule has 1 fully saturated rings. The molecule has 2 heterocycles. The predicted octanol–water partition coefficient (Wildman–Crippen LogP) is 3.38. The molecule has 3 aromatic rings. The van der Waals surface area contributed by atoms with Crippen LogP contribution in [-0.4, -0.2) is 34.8 Å². The van der Waals surface area contributed by atoms with Crippen LogP contribution in [0.3, 0.4) is 0 Å². The van der Waals surface area contributed by atoms with Gasteiger partial charge in [0.25, 0.3) is 11.8 Å². The van der Waals surface area contributed by atoms with Crippen LogP contribution < -0.4 is 5.73 Å². The fourth-order valence-electron chi connectivity index (χ4n) is 3.46. The van der Waals surface area contributed by atoms with Crippen LogP contribution >= 0.6 is 0 Å². The second-order valence-corrected chi connectivity index (χ2v) is 6.66. The fourth-order valence-corrected chi connectivity index (χ4v) is 3.46. The molecule has 1 aromatic heterocycles. The lowest BCUT2D eigenvalue weighted by Crippen LogP contribution is -2.27. The summed E-state index contributed by atoms with van der Waals surface area (Å²) < 4.78 is 13.3. The Morgan fingerprint density at radius 1 is 1.00 bits per heavy atom. The van der Waals surface area contributed by atoms with E-state index in [-0.39, 0.29) is 17.4 Å². The highest BCUT2D eigenvalue weighted by Gasteiger charge is 2.20. The molecule has 1 saturated heterocycles. The number of benzene rings is 2. The van der Waals surface area contributed by atoms with Crippen molar-refractivity contribution in [2.75, 3.05) is 13.1 Å². The second kappa shape index (κ2) is 6.79. The summed E-state index contributed by atoms with van der Waals surface area (Å²) in [6, 6.07) is 12.9. The number of pyridine rings is 1. The van der Waals surface area contributed by atoms with E-state index in [4.69, 9.17) is 5.73 Å². The largest absolute Gasteiger partial charge is 0.364 e. The summed E-state index contributed by atoms with van der Waals surface area (Å²) in [5, 5.41) is 0.768. The minimum Gasteiger partial charge on any atom is -0.364 e. The Morgan fingerprint density at radius 3 is 2.37 bits per heavy atom. The number of nitrogens with two attached hydrogens (primary N) is 1. The predicted molar refractivity (Wildman–Crippen MR) is 101 cm³/mol. The number of rotatable bonds is 3. The van der Waals surface area contributed by atoms with Crippen molar-refractivity contribution < 1.29 is 14.0 Å². The summed E-state index contributed by atoms with van der Waals surface area (Å²) in [6.45, 7) is 1.51. The van der Waals surface area contributed by atoms with Gasteiger partial charge < -0.3 is 10.6 Å². The molecule has 2 N–H and O–H groups in total. The van der Waals surface area contributed by atoms with E-state index in [2.05, 4.69) is 4.98 Å². The Balaban J connectivity index is 1.86. The lowest BCUT2D eigenvalue weighted by Gasteiger charge is -2.16. The van der Waals surface area contributed by atoms with Crippen LogP contribution in [0.1, 0.15) is 33.7 Å². The van der Waals surface area contributed by atoms with Crippen LogP contribution in [0.2, 0.25) is 0 Å². The molecule has 0 bridgehead atoms. The Morgan fingerprint density at radius 2 is 1.70 bits per heavy atom. The highest BCUT2D eigenvalue weighted by Crippen LogP contribution is 2.30. The smallest absolute Gasteiger partial charge is 0.267 e. The summed E-state index contributed by atoms with van der Waals surface area (Å²) in [5.41, 5.74) is 8.04. The van der Waals surface area contributed by atoms with Gasteiger partial charge in [0, 0.05) is 24.0 Å². The summed E-state index contributed by atoms with van der Waals surface area (Å²) in [5.74, 6) is -1.04. The molecule has 4 rings (SSSR count). The highest BCUT2D eigenvalue weighted by molar-refractivity contribution is 6.04. The molecule has 5 nitrogen and oxygen atoms in total. The number of carbonyl (C=O) groups is 2. The van der Waals surface area contributed by atoms with Crippen molar-refractivity contribution in [1.29, 1.82) is 0 Å². The van der Waals surface area contributed by atoms with E-state index >= 15 is 0 Å². The Hall–Kier alpha value is -3.28. The topological polar surface area (TPSA) is 76.3 Å². The molecule has 0 unspecified atom stereocenters. The van der Waals surface area contributed by atoms with Gasteiger partial charge >= 0.3 is 0 Å². The van der Waals surface area contributed by atoms with Gasteiger partial charge in [-0.1, -0.05) is 18.2 Å². The van der Waals surface area contributed by atoms with E-state index in [0.29, 0.717) is 16.6 Å². The van der Waals surface area contributed by atoms with Crippen LogP contribution in [0.25, 0.3) is 22.0 Å². The number of likely N-dealkylation sites (tertiary alicyclic amines) is 1. The van der Waals surface area contributed by atoms with Crippen molar-refractivity contribution in [2.24, 2.45) is 5.73 Å². The van der Waals surface area contributed by atoms with Crippen molar-refractivity contribution in [1.82, 2.24) is 9.88 Å². The molecule has 0 saturated carbocycles. The first-order valence-corrected chi connectivity index (χ1v) is 8.83. The molecule has 0 spiro atoms. The van der Waals surface area contributed by atoms with Gasteiger partial charge in [-0.15, -0.1) is 0 Å². The fraction of sp³-hybridized carbons (Fsp3) is 0.190. The zero-order chi connectivity index (χ0) is 19.0. The minimum atomic E-state index is -0.656. The molecule has 2 amide bonds. The van der Waals surface area contributed by atoms with Gasteiger partial charge in [-0.25, -0.2) is 9.37 Å². The van der Waals surface area contributed by atoms with Crippen molar-refractivity contribution >= 4 is 22.7 Å². The molecule has 6 heteroatoms. The number of primary amides is 1. The molecular formula is C21H18FN3O2. The summed E-state index contributed by atoms with van der Waals surface area (Å²) in [6.07, 6.45) is 2.02. The Labute approximate surface area is 155 Å². The van der Waals surface area contributed by atoms with Gasteiger partial charge in [0.15, 0.2) is 0 Å². The maximum absolute atomic E-state index is 13.3. The first-order chi connectivity index (χ1) is 13.0. The number of hydrogen-bond acceptors (Lipinski definition) is 3. The van der Waals surface area contributed by atoms with E-state index in [1.807, 2.05) is 11.0 Å². The van der Waals surface area contributed by atoms with Crippen molar-refractivity contribution in [3.63, 3.8) is 0 Å². The monoisotopic (exact) mass is 363 g/mol. The number of carbonyl (C=O) groups excluding carboxylic acids is 2. The third kappa shape index (κ3) is 3.26. The second-order valence-electron chi connectivity index (χ2n) is 6.66. The van der Waals surface area contributed by atoms with Gasteiger partial charge in [-0.2, -0.15) is 0 Å². The summed E-state index contributed by atoms with van der Waals surface area (Å²) in [4.78, 5) is 30.5. The highest BCUT2D eigenvalue weighted by atomic mass is 19.1. The number of nitrogens with zero attached hydrogens (tertiary/aromatic N) is 2. The standard InChI is InChI=1S/C21H18FN3O2/c22-15-6-3-13(4-7-15)17-12-19(20(23)26)24-18-11-14(5-8-16(17)18)21(27)25-9-1-2-10-25/h3-8,11-12H,1-2,9-10H2,(H2,23,26). The molecule has 27 heavy (non-hydrogen) atoms. The minimum absolute atomic E-state index is 0.0380. The zero-order valence-electron chi connectivity index (χ0n) is 14.6. The van der Waals surface area contributed by atoms with Crippen molar-refractivity contribution in [3.8, 4) is 11.1 Å². The zero-order valence-corrected chi connectivity index (χ0v) is 14.6. The van der Waals surface area contributed by atoms with Crippen LogP contribution in [0, 0.1) is 5.82 Å². The van der Waals surface area contributed by atoms with Crippen molar-refractivity contribution in [2.45, 2.75) is 12.8 Å². The molecule has 1 aliphatic rings. The van der Waals surface area contributed by atoms with E-state index in [1.54, 1.807) is 30.3 Å². The van der Waals surface area contributed by atoms with Crippen LogP contribution in [0.4, 0.5) is 4.39 Å². The van der Waals surface area contributed by atoms with Crippen LogP contribution in [0.5, 0.6) is 0 Å². The van der Waals surface area contributed by atoms with E-state index in [1.165, 1.54) is 12.1 Å². The molecule has 0 radical (unpaired) electrons. The Bertz CT molecular complexity index is 1040. The molecule has 0 aliphatic carbocycles. The molecule has 2 aromatic carbocycles. The van der Waals surface area contributed by atoms with E-state index in [0.717, 1.165) is 36.9 Å². The number of aromatic nitrogens is 1. The lowest BCUT2D eigenvalue weighted by molar-refractivity contribution is 0.0792. The first-order valence-electron chi connectivity index (χ1n) is 8.83. The number of halogens is 1. The third-order valence-corrected chi connectivity index (χ3v) is 4.86. The molecule has 0 atom stereocenters. The molecule has 1 aliphatic heterocycles. The average molecular weight is 363 g/mol. The number of hydrogen-bond donors (Lipinski definition) is 1. The number of fused-ring (bicyclic) bond motifs is 1. The summed E-state index contributed by atoms with van der Waals surface area (Å²) >= 11 is 0. The summed E-state index contributed by atoms with van der Waals surface area (Å²) in [7, 11) is 0. The van der Waals surface area contributed by atoms with Crippen molar-refractivity contribution in [3.05, 3.63) is 65.6 Å². The SMILES string of the molecule is NC(=O)c1cc(-c2ccc(F)cc2)c2ccc(C(=O)N3CCCC3)cc2n1. The van der Waals surface area contributed by atoms with Gasteiger partial charge in [-0.05, 0) is 54.3 Å². The molecular weight excluding hydrogens is 345 g/mol. The van der Waals surface area contributed by atoms with E-state index in [9.17, 15) is 14.0 Å². The quantitative estimate of drug-likeness (QED) is 0.775. The third-order valence-electron chi connectivity index (χ3n) is 4.86. The lowest BCUT2D eigenvalue weighted by atomic mass is 9.98. The van der Waals surface area contributed by atoms with Gasteiger partial charge in [-0.3, -0.25) is 9.59 Å². The first kappa shape index (κ1) is 17.1. The maximum Gasteiger partial charge on any atom is 0.267 e. The van der Waals surface area contributed by atoms with Gasteiger partial charge in [0.2, 0.25) is 0 Å². The van der Waals surface area contributed by atoms with E-state index < -0.39 is 5.91 Å². The average Bonchev–Trinajstić information content (AvgIpc) is 3.21. The van der Waals surface area contributed by atoms with Gasteiger partial charge in [0.05, 0.1) is 5.52 Å². The Kier molecular flexibility index (Phi) is 4.32. The number of amides is 2. The molecule has 136 valence electrons. The van der Waals surface area contributed by atoms with Crippen LogP contribution in [-0.2, 0) is 0 Å². The normalized spacial score (nSPS) is 13.9.